The summed E-state index contributed by atoms with van der Waals surface area (Å²) in [7, 11) is 0.992. The van der Waals surface area contributed by atoms with Gasteiger partial charge >= 0.3 is 6.18 Å². The molecule has 0 spiro atoms. The number of nitrogens with zero attached hydrogens (tertiary/aromatic N) is 1. The van der Waals surface area contributed by atoms with Crippen LogP contribution in [0.25, 0.3) is 0 Å². The molecule has 0 aliphatic heterocycles. The highest BCUT2D eigenvalue weighted by Gasteiger charge is 2.56. The lowest BCUT2D eigenvalue weighted by Gasteiger charge is -2.39. The van der Waals surface area contributed by atoms with Crippen molar-refractivity contribution in [3.05, 3.63) is 59.7 Å². The Kier molecular flexibility index (Phi) is 4.63. The van der Waals surface area contributed by atoms with Crippen LogP contribution in [0.1, 0.15) is 49.3 Å². The Labute approximate surface area is 174 Å². The van der Waals surface area contributed by atoms with E-state index in [0.29, 0.717) is 16.9 Å². The molecule has 3 nitrogen and oxygen atoms in total. The first kappa shape index (κ1) is 19.9. The van der Waals surface area contributed by atoms with Gasteiger partial charge in [-0.25, -0.2) is 0 Å². The summed E-state index contributed by atoms with van der Waals surface area (Å²) in [5, 5.41) is 9.56. The van der Waals surface area contributed by atoms with Crippen LogP contribution < -0.4 is 4.74 Å². The average molecular weight is 417 g/mol. The van der Waals surface area contributed by atoms with Crippen molar-refractivity contribution in [1.29, 1.82) is 0 Å². The van der Waals surface area contributed by atoms with Crippen molar-refractivity contribution in [3.8, 4) is 11.5 Å². The molecule has 2 aromatic carbocycles. The summed E-state index contributed by atoms with van der Waals surface area (Å²) in [4.78, 5) is 0. The monoisotopic (exact) mass is 417 g/mol. The lowest BCUT2D eigenvalue weighted by Crippen LogP contribution is -2.33. The molecule has 4 bridgehead atoms. The van der Waals surface area contributed by atoms with Gasteiger partial charge < -0.3 is 9.94 Å². The van der Waals surface area contributed by atoms with E-state index in [-0.39, 0.29) is 10.6 Å². The van der Waals surface area contributed by atoms with E-state index in [9.17, 15) is 18.4 Å². The maximum atomic E-state index is 13.2. The van der Waals surface area contributed by atoms with E-state index < -0.39 is 12.2 Å². The van der Waals surface area contributed by atoms with Crippen LogP contribution in [0.15, 0.2) is 48.5 Å². The van der Waals surface area contributed by atoms with Crippen molar-refractivity contribution in [2.45, 2.75) is 49.7 Å². The molecule has 30 heavy (non-hydrogen) atoms. The quantitative estimate of drug-likeness (QED) is 0.565. The van der Waals surface area contributed by atoms with Crippen LogP contribution in [0.5, 0.6) is 11.5 Å². The first-order chi connectivity index (χ1) is 14.2. The molecule has 4 aliphatic rings. The molecule has 6 heteroatoms. The number of hydrogen-bond acceptors (Lipinski definition) is 3. The normalized spacial score (nSPS) is 30.8. The zero-order chi connectivity index (χ0) is 21.1. The van der Waals surface area contributed by atoms with E-state index in [1.54, 1.807) is 0 Å². The van der Waals surface area contributed by atoms with Gasteiger partial charge in [-0.05, 0) is 90.7 Å². The highest BCUT2D eigenvalue weighted by molar-refractivity contribution is 5.39. The van der Waals surface area contributed by atoms with Gasteiger partial charge in [-0.15, -0.1) is 0 Å². The number of benzene rings is 2. The number of rotatable bonds is 5. The van der Waals surface area contributed by atoms with E-state index in [4.69, 9.17) is 4.74 Å². The summed E-state index contributed by atoms with van der Waals surface area (Å²) in [6, 6.07) is 11.9. The Hall–Kier alpha value is -2.05. The van der Waals surface area contributed by atoms with E-state index >= 15 is 0 Å². The van der Waals surface area contributed by atoms with E-state index in [2.05, 4.69) is 12.1 Å². The molecule has 4 fully saturated rings. The van der Waals surface area contributed by atoms with Gasteiger partial charge in [-0.1, -0.05) is 24.3 Å². The molecular weight excluding hydrogens is 391 g/mol. The highest BCUT2D eigenvalue weighted by Crippen LogP contribution is 2.64. The van der Waals surface area contributed by atoms with Crippen LogP contribution >= 0.6 is 0 Å². The molecular formula is C24H26F3NO2. The molecule has 160 valence electrons. The predicted molar refractivity (Wildman–Crippen MR) is 107 cm³/mol. The summed E-state index contributed by atoms with van der Waals surface area (Å²) in [6.07, 6.45) is 2.21. The summed E-state index contributed by atoms with van der Waals surface area (Å²) in [6.45, 7) is 0. The fourth-order valence-corrected chi connectivity index (χ4v) is 6.51. The van der Waals surface area contributed by atoms with Gasteiger partial charge in [0.2, 0.25) is 0 Å². The second-order valence-electron chi connectivity index (χ2n) is 9.46. The van der Waals surface area contributed by atoms with E-state index in [0.717, 1.165) is 24.8 Å². The third-order valence-corrected chi connectivity index (χ3v) is 7.51. The Morgan fingerprint density at radius 1 is 0.933 bits per heavy atom. The highest BCUT2D eigenvalue weighted by atomic mass is 19.4. The lowest BCUT2D eigenvalue weighted by atomic mass is 9.66. The van der Waals surface area contributed by atoms with Gasteiger partial charge in [-0.2, -0.15) is 18.2 Å². The molecule has 0 heterocycles. The number of hydrogen-bond donors (Lipinski definition) is 1. The van der Waals surface area contributed by atoms with Crippen LogP contribution in [-0.4, -0.2) is 23.5 Å². The zero-order valence-corrected chi connectivity index (χ0v) is 16.9. The minimum Gasteiger partial charge on any atom is -0.457 e. The van der Waals surface area contributed by atoms with Gasteiger partial charge in [0.1, 0.15) is 11.5 Å². The van der Waals surface area contributed by atoms with Crippen LogP contribution in [0.2, 0.25) is 0 Å². The molecule has 1 N–H and O–H groups in total. The molecule has 3 unspecified atom stereocenters. The van der Waals surface area contributed by atoms with Gasteiger partial charge in [0, 0.05) is 7.05 Å². The number of alkyl halides is 3. The largest absolute Gasteiger partial charge is 0.457 e. The number of ether oxygens (including phenoxy) is 1. The van der Waals surface area contributed by atoms with Crippen LogP contribution in [0, 0.1) is 17.8 Å². The second-order valence-corrected chi connectivity index (χ2v) is 9.46. The SMILES string of the molecule is CN(O)C(c1ccc(Oc2ccc(C34CC5CC(C3)C(C5)C4)cc2)cc1)C(F)(F)F. The summed E-state index contributed by atoms with van der Waals surface area (Å²) >= 11 is 0. The van der Waals surface area contributed by atoms with Gasteiger partial charge in [0.25, 0.3) is 0 Å². The van der Waals surface area contributed by atoms with Crippen LogP contribution in [0.4, 0.5) is 13.2 Å². The topological polar surface area (TPSA) is 32.7 Å². The smallest absolute Gasteiger partial charge is 0.410 e. The van der Waals surface area contributed by atoms with Crippen molar-refractivity contribution in [2.24, 2.45) is 17.8 Å². The molecule has 6 rings (SSSR count). The second kappa shape index (κ2) is 6.99. The van der Waals surface area contributed by atoms with Gasteiger partial charge in [-0.3, -0.25) is 0 Å². The van der Waals surface area contributed by atoms with Gasteiger partial charge in [0.05, 0.1) is 0 Å². The Morgan fingerprint density at radius 2 is 1.47 bits per heavy atom. The first-order valence-corrected chi connectivity index (χ1v) is 10.6. The van der Waals surface area contributed by atoms with E-state index in [1.807, 2.05) is 12.1 Å². The molecule has 4 aliphatic carbocycles. The fourth-order valence-electron chi connectivity index (χ4n) is 6.51. The van der Waals surface area contributed by atoms with E-state index in [1.165, 1.54) is 61.9 Å². The Morgan fingerprint density at radius 3 is 1.93 bits per heavy atom. The lowest BCUT2D eigenvalue weighted by molar-refractivity contribution is -0.245. The van der Waals surface area contributed by atoms with Crippen molar-refractivity contribution in [1.82, 2.24) is 5.06 Å². The minimum atomic E-state index is -4.57. The fraction of sp³-hybridized carbons (Fsp3) is 0.500. The van der Waals surface area contributed by atoms with Crippen LogP contribution in [-0.2, 0) is 5.41 Å². The molecule has 0 radical (unpaired) electrons. The average Bonchev–Trinajstić information content (AvgIpc) is 3.09. The number of halogens is 3. The standard InChI is InChI=1S/C24H26F3NO2/c1-28(29)22(24(25,26)27)16-2-6-20(7-3-16)30-21-8-4-19(5-9-21)23-12-15-10-17(13-23)18(11-15)14-23/h2-9,15,17-18,22,29H,10-14H2,1H3. The van der Waals surface area contributed by atoms with Gasteiger partial charge in [0.15, 0.2) is 6.04 Å². The Bertz CT molecular complexity index is 888. The first-order valence-electron chi connectivity index (χ1n) is 10.6. The predicted octanol–water partition coefficient (Wildman–Crippen LogP) is 6.48. The molecule has 2 aromatic rings. The third-order valence-electron chi connectivity index (χ3n) is 7.51. The molecule has 0 aromatic heterocycles. The van der Waals surface area contributed by atoms with Crippen LogP contribution in [0.3, 0.4) is 0 Å². The number of hydroxylamine groups is 2. The third kappa shape index (κ3) is 3.40. The molecule has 3 atom stereocenters. The summed E-state index contributed by atoms with van der Waals surface area (Å²) in [5.41, 5.74) is 1.71. The molecule has 0 saturated heterocycles. The maximum Gasteiger partial charge on any atom is 0.410 e. The maximum absolute atomic E-state index is 13.2. The Balaban J connectivity index is 1.29. The van der Waals surface area contributed by atoms with Crippen molar-refractivity contribution < 1.29 is 23.1 Å². The summed E-state index contributed by atoms with van der Waals surface area (Å²) < 4.78 is 45.3. The molecule has 4 saturated carbocycles. The van der Waals surface area contributed by atoms with Crippen molar-refractivity contribution in [2.75, 3.05) is 7.05 Å². The summed E-state index contributed by atoms with van der Waals surface area (Å²) in [5.74, 6) is 3.86. The van der Waals surface area contributed by atoms with Crippen molar-refractivity contribution >= 4 is 0 Å². The molecule has 0 amide bonds. The van der Waals surface area contributed by atoms with Crippen molar-refractivity contribution in [3.63, 3.8) is 0 Å². The zero-order valence-electron chi connectivity index (χ0n) is 16.9. The minimum absolute atomic E-state index is 0.0408.